The number of benzene rings is 1. The van der Waals surface area contributed by atoms with Crippen LogP contribution in [0.25, 0.3) is 10.8 Å². The van der Waals surface area contributed by atoms with E-state index in [1.165, 1.54) is 5.56 Å². The van der Waals surface area contributed by atoms with Gasteiger partial charge in [0.25, 0.3) is 0 Å². The van der Waals surface area contributed by atoms with Crippen LogP contribution >= 0.6 is 11.3 Å². The van der Waals surface area contributed by atoms with Crippen molar-refractivity contribution in [1.82, 2.24) is 9.88 Å². The fraction of sp³-hybridized carbons (Fsp3) is 0.278. The average molecular weight is 328 g/mol. The molecule has 3 heterocycles. The van der Waals surface area contributed by atoms with Gasteiger partial charge in [0.2, 0.25) is 5.89 Å². The SMILES string of the molecule is CC1c2cc(F)ccc2CCN1Cc1coc(-c2cccs2)n1. The summed E-state index contributed by atoms with van der Waals surface area (Å²) in [6, 6.07) is 9.28. The van der Waals surface area contributed by atoms with E-state index in [1.807, 2.05) is 23.6 Å². The van der Waals surface area contributed by atoms with E-state index < -0.39 is 0 Å². The average Bonchev–Trinajstić information content (AvgIpc) is 3.22. The molecule has 3 nitrogen and oxygen atoms in total. The first-order chi connectivity index (χ1) is 11.2. The Labute approximate surface area is 138 Å². The molecule has 3 aromatic rings. The van der Waals surface area contributed by atoms with Crippen molar-refractivity contribution in [3.8, 4) is 10.8 Å². The standard InChI is InChI=1S/C18H17FN2OS/c1-12-16-9-14(19)5-4-13(16)6-7-21(12)10-15-11-22-18(20-15)17-3-2-8-23-17/h2-5,8-9,11-12H,6-7,10H2,1H3. The van der Waals surface area contributed by atoms with Gasteiger partial charge < -0.3 is 4.42 Å². The Morgan fingerprint density at radius 2 is 2.30 bits per heavy atom. The lowest BCUT2D eigenvalue weighted by atomic mass is 9.93. The Balaban J connectivity index is 1.54. The van der Waals surface area contributed by atoms with Crippen LogP contribution in [0.4, 0.5) is 4.39 Å². The van der Waals surface area contributed by atoms with Crippen LogP contribution in [-0.4, -0.2) is 16.4 Å². The summed E-state index contributed by atoms with van der Waals surface area (Å²) in [6.07, 6.45) is 2.67. The minimum atomic E-state index is -0.168. The molecule has 0 fully saturated rings. The van der Waals surface area contributed by atoms with Crippen LogP contribution in [0.1, 0.15) is 29.8 Å². The van der Waals surface area contributed by atoms with Crippen LogP contribution in [0, 0.1) is 5.82 Å². The number of oxazole rings is 1. The van der Waals surface area contributed by atoms with E-state index in [1.54, 1.807) is 29.7 Å². The smallest absolute Gasteiger partial charge is 0.236 e. The van der Waals surface area contributed by atoms with Gasteiger partial charge in [-0.25, -0.2) is 9.37 Å². The second kappa shape index (κ2) is 5.91. The quantitative estimate of drug-likeness (QED) is 0.700. The monoisotopic (exact) mass is 328 g/mol. The molecule has 1 aliphatic heterocycles. The third-order valence-corrected chi connectivity index (χ3v) is 5.28. The Morgan fingerprint density at radius 3 is 3.13 bits per heavy atom. The maximum absolute atomic E-state index is 13.5. The maximum atomic E-state index is 13.5. The zero-order valence-corrected chi connectivity index (χ0v) is 13.6. The van der Waals surface area contributed by atoms with Crippen molar-refractivity contribution in [3.63, 3.8) is 0 Å². The summed E-state index contributed by atoms with van der Waals surface area (Å²) in [5, 5.41) is 2.01. The van der Waals surface area contributed by atoms with E-state index in [9.17, 15) is 4.39 Å². The molecule has 0 aliphatic carbocycles. The second-order valence-corrected chi connectivity index (χ2v) is 6.81. The first kappa shape index (κ1) is 14.6. The van der Waals surface area contributed by atoms with E-state index in [4.69, 9.17) is 4.42 Å². The molecule has 2 aromatic heterocycles. The summed E-state index contributed by atoms with van der Waals surface area (Å²) in [6.45, 7) is 3.78. The predicted molar refractivity (Wildman–Crippen MR) is 88.7 cm³/mol. The van der Waals surface area contributed by atoms with Crippen molar-refractivity contribution in [1.29, 1.82) is 0 Å². The van der Waals surface area contributed by atoms with E-state index >= 15 is 0 Å². The number of fused-ring (bicyclic) bond motifs is 1. The van der Waals surface area contributed by atoms with Gasteiger partial charge in [-0.3, -0.25) is 4.90 Å². The topological polar surface area (TPSA) is 29.3 Å². The van der Waals surface area contributed by atoms with Crippen LogP contribution in [0.5, 0.6) is 0 Å². The molecule has 0 N–H and O–H groups in total. The molecule has 0 saturated heterocycles. The summed E-state index contributed by atoms with van der Waals surface area (Å²) in [5.41, 5.74) is 3.24. The maximum Gasteiger partial charge on any atom is 0.236 e. The van der Waals surface area contributed by atoms with Crippen molar-refractivity contribution < 1.29 is 8.81 Å². The Kier molecular flexibility index (Phi) is 3.75. The molecule has 1 aromatic carbocycles. The van der Waals surface area contributed by atoms with Gasteiger partial charge in [-0.2, -0.15) is 0 Å². The molecule has 118 valence electrons. The zero-order valence-electron chi connectivity index (χ0n) is 12.8. The van der Waals surface area contributed by atoms with Gasteiger partial charge in [-0.05, 0) is 48.1 Å². The first-order valence-corrected chi connectivity index (χ1v) is 8.59. The van der Waals surface area contributed by atoms with Gasteiger partial charge in [0.1, 0.15) is 12.1 Å². The molecule has 5 heteroatoms. The van der Waals surface area contributed by atoms with Crippen LogP contribution in [-0.2, 0) is 13.0 Å². The molecule has 0 bridgehead atoms. The van der Waals surface area contributed by atoms with Gasteiger partial charge in [-0.1, -0.05) is 12.1 Å². The minimum absolute atomic E-state index is 0.168. The largest absolute Gasteiger partial charge is 0.444 e. The fourth-order valence-corrected chi connectivity index (χ4v) is 3.81. The lowest BCUT2D eigenvalue weighted by Gasteiger charge is -2.34. The predicted octanol–water partition coefficient (Wildman–Crippen LogP) is 4.66. The molecule has 1 unspecified atom stereocenters. The molecule has 1 atom stereocenters. The summed E-state index contributed by atoms with van der Waals surface area (Å²) >= 11 is 1.62. The molecule has 0 saturated carbocycles. The minimum Gasteiger partial charge on any atom is -0.444 e. The van der Waals surface area contributed by atoms with Gasteiger partial charge in [0.05, 0.1) is 10.6 Å². The fourth-order valence-electron chi connectivity index (χ4n) is 3.15. The van der Waals surface area contributed by atoms with Crippen molar-refractivity contribution >= 4 is 11.3 Å². The molecular weight excluding hydrogens is 311 g/mol. The second-order valence-electron chi connectivity index (χ2n) is 5.86. The van der Waals surface area contributed by atoms with Crippen molar-refractivity contribution in [2.24, 2.45) is 0 Å². The molecule has 0 amide bonds. The summed E-state index contributed by atoms with van der Waals surface area (Å²) < 4.78 is 19.1. The van der Waals surface area contributed by atoms with Gasteiger partial charge >= 0.3 is 0 Å². The number of hydrogen-bond donors (Lipinski definition) is 0. The summed E-state index contributed by atoms with van der Waals surface area (Å²) in [5.74, 6) is 0.505. The van der Waals surface area contributed by atoms with Crippen LogP contribution < -0.4 is 0 Å². The molecule has 1 aliphatic rings. The number of nitrogens with zero attached hydrogens (tertiary/aromatic N) is 2. The van der Waals surface area contributed by atoms with Crippen molar-refractivity contribution in [2.45, 2.75) is 25.9 Å². The number of rotatable bonds is 3. The summed E-state index contributed by atoms with van der Waals surface area (Å²) in [7, 11) is 0. The number of thiophene rings is 1. The number of halogens is 1. The highest BCUT2D eigenvalue weighted by molar-refractivity contribution is 7.13. The van der Waals surface area contributed by atoms with Gasteiger partial charge in [0.15, 0.2) is 0 Å². The van der Waals surface area contributed by atoms with E-state index in [-0.39, 0.29) is 11.9 Å². The normalized spacial score (nSPS) is 18.1. The lowest BCUT2D eigenvalue weighted by molar-refractivity contribution is 0.187. The van der Waals surface area contributed by atoms with E-state index in [0.717, 1.165) is 29.1 Å². The van der Waals surface area contributed by atoms with Crippen LogP contribution in [0.2, 0.25) is 0 Å². The van der Waals surface area contributed by atoms with Gasteiger partial charge in [0, 0.05) is 19.1 Å². The number of aromatic nitrogens is 1. The molecule has 23 heavy (non-hydrogen) atoms. The lowest BCUT2D eigenvalue weighted by Crippen LogP contribution is -2.33. The third-order valence-electron chi connectivity index (χ3n) is 4.42. The van der Waals surface area contributed by atoms with E-state index in [2.05, 4.69) is 16.8 Å². The Morgan fingerprint density at radius 1 is 1.39 bits per heavy atom. The Bertz CT molecular complexity index is 812. The van der Waals surface area contributed by atoms with Crippen LogP contribution in [0.15, 0.2) is 46.4 Å². The highest BCUT2D eigenvalue weighted by atomic mass is 32.1. The highest BCUT2D eigenvalue weighted by Gasteiger charge is 2.25. The molecule has 0 radical (unpaired) electrons. The van der Waals surface area contributed by atoms with Crippen LogP contribution in [0.3, 0.4) is 0 Å². The zero-order chi connectivity index (χ0) is 15.8. The molecule has 4 rings (SSSR count). The summed E-state index contributed by atoms with van der Waals surface area (Å²) in [4.78, 5) is 7.94. The van der Waals surface area contributed by atoms with E-state index in [0.29, 0.717) is 12.4 Å². The molecular formula is C18H17FN2OS. The van der Waals surface area contributed by atoms with Gasteiger partial charge in [-0.15, -0.1) is 11.3 Å². The Hall–Kier alpha value is -1.98. The third kappa shape index (κ3) is 2.82. The first-order valence-electron chi connectivity index (χ1n) is 7.71. The number of hydrogen-bond acceptors (Lipinski definition) is 4. The van der Waals surface area contributed by atoms with Crippen molar-refractivity contribution in [2.75, 3.05) is 6.54 Å². The molecule has 0 spiro atoms. The highest BCUT2D eigenvalue weighted by Crippen LogP contribution is 2.31. The van der Waals surface area contributed by atoms with Crippen molar-refractivity contribution in [3.05, 3.63) is 64.6 Å².